The van der Waals surface area contributed by atoms with Crippen LogP contribution in [0.2, 0.25) is 0 Å². The highest BCUT2D eigenvalue weighted by Gasteiger charge is 2.22. The van der Waals surface area contributed by atoms with E-state index in [9.17, 15) is 19.2 Å². The SMILES string of the molecule is CC/C(=N\OC(N)=O)C(=O)c1ccc2c(c1)c1cc(C(=O)/C(CC)=N/OC(=O)N3CCCCC3)ccc1n2Cc1ccccc1. The normalized spacial score (nSPS) is 14.0. The molecule has 1 aliphatic heterocycles. The molecular weight excluding hydrogens is 574 g/mol. The van der Waals surface area contributed by atoms with E-state index in [1.165, 1.54) is 0 Å². The number of aromatic nitrogens is 1. The molecule has 2 amide bonds. The lowest BCUT2D eigenvalue weighted by Gasteiger charge is -2.24. The Bertz CT molecular complexity index is 1820. The molecule has 1 saturated heterocycles. The van der Waals surface area contributed by atoms with Crippen LogP contribution in [-0.4, -0.2) is 57.7 Å². The lowest BCUT2D eigenvalue weighted by Crippen LogP contribution is -2.35. The zero-order valence-corrected chi connectivity index (χ0v) is 25.3. The quantitative estimate of drug-likeness (QED) is 0.0945. The van der Waals surface area contributed by atoms with Crippen LogP contribution < -0.4 is 5.73 Å². The molecule has 45 heavy (non-hydrogen) atoms. The molecule has 11 nitrogen and oxygen atoms in total. The number of fused-ring (bicyclic) bond motifs is 3. The Hall–Kier alpha value is -5.32. The molecule has 4 aromatic rings. The maximum absolute atomic E-state index is 13.6. The van der Waals surface area contributed by atoms with Gasteiger partial charge in [0.05, 0.1) is 0 Å². The number of nitrogens with zero attached hydrogens (tertiary/aromatic N) is 4. The first kappa shape index (κ1) is 31.1. The molecule has 0 atom stereocenters. The number of piperidine rings is 1. The van der Waals surface area contributed by atoms with Gasteiger partial charge in [-0.25, -0.2) is 9.59 Å². The Morgan fingerprint density at radius 2 is 1.27 bits per heavy atom. The van der Waals surface area contributed by atoms with Crippen LogP contribution in [-0.2, 0) is 16.2 Å². The average molecular weight is 610 g/mol. The molecule has 0 bridgehead atoms. The third-order valence-electron chi connectivity index (χ3n) is 7.86. The van der Waals surface area contributed by atoms with Crippen molar-refractivity contribution in [3.8, 4) is 0 Å². The molecule has 0 radical (unpaired) electrons. The van der Waals surface area contributed by atoms with Gasteiger partial charge in [-0.15, -0.1) is 0 Å². The Morgan fingerprint density at radius 3 is 1.78 bits per heavy atom. The van der Waals surface area contributed by atoms with Gasteiger partial charge in [0, 0.05) is 52.6 Å². The van der Waals surface area contributed by atoms with Crippen LogP contribution in [0.5, 0.6) is 0 Å². The fraction of sp³-hybridized carbons (Fsp3) is 0.294. The van der Waals surface area contributed by atoms with Gasteiger partial charge in [-0.2, -0.15) is 0 Å². The van der Waals surface area contributed by atoms with Gasteiger partial charge in [-0.3, -0.25) is 19.3 Å². The lowest BCUT2D eigenvalue weighted by molar-refractivity contribution is 0.0956. The van der Waals surface area contributed by atoms with Gasteiger partial charge >= 0.3 is 12.2 Å². The van der Waals surface area contributed by atoms with Gasteiger partial charge in [0.15, 0.2) is 0 Å². The van der Waals surface area contributed by atoms with Gasteiger partial charge in [0.1, 0.15) is 11.4 Å². The fourth-order valence-electron chi connectivity index (χ4n) is 5.52. The molecule has 1 aliphatic rings. The largest absolute Gasteiger partial charge is 0.435 e. The molecule has 3 aromatic carbocycles. The molecule has 232 valence electrons. The Morgan fingerprint density at radius 1 is 0.733 bits per heavy atom. The number of nitrogens with two attached hydrogens (primary N) is 1. The van der Waals surface area contributed by atoms with E-state index in [1.54, 1.807) is 43.0 Å². The van der Waals surface area contributed by atoms with E-state index in [1.807, 2.05) is 42.5 Å². The van der Waals surface area contributed by atoms with Crippen LogP contribution in [0.4, 0.5) is 9.59 Å². The monoisotopic (exact) mass is 609 g/mol. The molecule has 0 spiro atoms. The Labute approximate surface area is 260 Å². The van der Waals surface area contributed by atoms with E-state index in [-0.39, 0.29) is 30.0 Å². The third kappa shape index (κ3) is 6.93. The smallest absolute Gasteiger partial charge is 0.336 e. The van der Waals surface area contributed by atoms with Crippen molar-refractivity contribution in [3.63, 3.8) is 0 Å². The summed E-state index contributed by atoms with van der Waals surface area (Å²) in [5.74, 6) is -0.765. The van der Waals surface area contributed by atoms with Crippen molar-refractivity contribution in [1.29, 1.82) is 0 Å². The van der Waals surface area contributed by atoms with E-state index in [4.69, 9.17) is 10.6 Å². The summed E-state index contributed by atoms with van der Waals surface area (Å²) in [6, 6.07) is 20.7. The van der Waals surface area contributed by atoms with E-state index >= 15 is 0 Å². The maximum Gasteiger partial charge on any atom is 0.435 e. The van der Waals surface area contributed by atoms with Gasteiger partial charge < -0.3 is 15.2 Å². The second kappa shape index (κ2) is 14.0. The molecule has 0 saturated carbocycles. The Kier molecular flexibility index (Phi) is 9.67. The number of amides is 2. The van der Waals surface area contributed by atoms with Crippen LogP contribution in [0.3, 0.4) is 0 Å². The summed E-state index contributed by atoms with van der Waals surface area (Å²) in [7, 11) is 0. The average Bonchev–Trinajstić information content (AvgIpc) is 3.37. The summed E-state index contributed by atoms with van der Waals surface area (Å²) >= 11 is 0. The summed E-state index contributed by atoms with van der Waals surface area (Å²) in [4.78, 5) is 61.8. The number of hydrogen-bond donors (Lipinski definition) is 1. The molecule has 11 heteroatoms. The standard InChI is InChI=1S/C34H35N5O6/c1-3-27(36-44-33(35)42)31(40)23-13-15-29-25(19-23)26-20-24(14-16-30(26)39(29)21-22-11-7-5-8-12-22)32(41)28(4-2)37-45-34(43)38-17-9-6-10-18-38/h5,7-8,11-16,19-20H,3-4,6,9-10,17-18,21H2,1-2H3,(H2,35,42)/b36-27+,37-28+. The summed E-state index contributed by atoms with van der Waals surface area (Å²) in [6.07, 6.45) is 1.73. The van der Waals surface area contributed by atoms with Crippen LogP contribution in [0.15, 0.2) is 77.0 Å². The van der Waals surface area contributed by atoms with E-state index in [0.29, 0.717) is 30.8 Å². The van der Waals surface area contributed by atoms with Crippen molar-refractivity contribution >= 4 is 57.0 Å². The molecule has 0 aliphatic carbocycles. The van der Waals surface area contributed by atoms with Crippen LogP contribution in [0.1, 0.15) is 72.2 Å². The van der Waals surface area contributed by atoms with E-state index < -0.39 is 18.0 Å². The van der Waals surface area contributed by atoms with Gasteiger partial charge in [-0.1, -0.05) is 54.5 Å². The van der Waals surface area contributed by atoms with Crippen molar-refractivity contribution in [3.05, 3.63) is 83.4 Å². The maximum atomic E-state index is 13.6. The second-order valence-electron chi connectivity index (χ2n) is 10.8. The molecule has 2 N–H and O–H groups in total. The number of likely N-dealkylation sites (tertiary alicyclic amines) is 1. The third-order valence-corrected chi connectivity index (χ3v) is 7.86. The fourth-order valence-corrected chi connectivity index (χ4v) is 5.52. The predicted molar refractivity (Wildman–Crippen MR) is 172 cm³/mol. The zero-order chi connectivity index (χ0) is 31.9. The lowest BCUT2D eigenvalue weighted by atomic mass is 10.00. The van der Waals surface area contributed by atoms with Crippen molar-refractivity contribution in [2.24, 2.45) is 16.0 Å². The van der Waals surface area contributed by atoms with Gasteiger partial charge in [-0.05, 0) is 74.1 Å². The summed E-state index contributed by atoms with van der Waals surface area (Å²) in [5.41, 5.74) is 8.71. The van der Waals surface area contributed by atoms with Crippen molar-refractivity contribution in [1.82, 2.24) is 9.47 Å². The summed E-state index contributed by atoms with van der Waals surface area (Å²) in [5, 5.41) is 9.10. The van der Waals surface area contributed by atoms with Crippen LogP contribution in [0, 0.1) is 0 Å². The minimum Gasteiger partial charge on any atom is -0.336 e. The highest BCUT2D eigenvalue weighted by Crippen LogP contribution is 2.32. The van der Waals surface area contributed by atoms with Gasteiger partial charge in [0.25, 0.3) is 0 Å². The first-order valence-corrected chi connectivity index (χ1v) is 15.1. The number of oxime groups is 2. The second-order valence-corrected chi connectivity index (χ2v) is 10.8. The van der Waals surface area contributed by atoms with Crippen LogP contribution >= 0.6 is 0 Å². The zero-order valence-electron chi connectivity index (χ0n) is 25.3. The minimum absolute atomic E-state index is 0.0416. The first-order valence-electron chi connectivity index (χ1n) is 15.1. The predicted octanol–water partition coefficient (Wildman–Crippen LogP) is 6.46. The van der Waals surface area contributed by atoms with Crippen LogP contribution in [0.25, 0.3) is 21.8 Å². The number of benzene rings is 3. The molecular formula is C34H35N5O6. The molecule has 1 fully saturated rings. The summed E-state index contributed by atoms with van der Waals surface area (Å²) in [6.45, 7) is 5.29. The van der Waals surface area contributed by atoms with Gasteiger partial charge in [0.2, 0.25) is 11.6 Å². The summed E-state index contributed by atoms with van der Waals surface area (Å²) < 4.78 is 2.13. The number of primary amides is 1. The molecule has 0 unspecified atom stereocenters. The number of rotatable bonds is 10. The number of carbonyl (C=O) groups excluding carboxylic acids is 4. The highest BCUT2D eigenvalue weighted by atomic mass is 16.7. The van der Waals surface area contributed by atoms with Crippen molar-refractivity contribution in [2.75, 3.05) is 13.1 Å². The molecule has 5 rings (SSSR count). The Balaban J connectivity index is 1.55. The number of Topliss-reactive ketones (excluding diaryl/α,β-unsaturated/α-hetero) is 2. The number of carbonyl (C=O) groups is 4. The molecule has 2 heterocycles. The minimum atomic E-state index is -1.11. The number of hydrogen-bond acceptors (Lipinski definition) is 8. The first-order chi connectivity index (χ1) is 21.8. The van der Waals surface area contributed by atoms with Crippen molar-refractivity contribution in [2.45, 2.75) is 52.5 Å². The van der Waals surface area contributed by atoms with E-state index in [0.717, 1.165) is 46.6 Å². The van der Waals surface area contributed by atoms with Crippen molar-refractivity contribution < 1.29 is 28.9 Å². The molecule has 1 aromatic heterocycles. The number of ketones is 2. The van der Waals surface area contributed by atoms with E-state index in [2.05, 4.69) is 19.7 Å². The highest BCUT2D eigenvalue weighted by molar-refractivity contribution is 6.47. The topological polar surface area (TPSA) is 146 Å².